The molecule has 3 heterocycles. The van der Waals surface area contributed by atoms with Gasteiger partial charge in [-0.15, -0.1) is 0 Å². The summed E-state index contributed by atoms with van der Waals surface area (Å²) in [5, 5.41) is 13.1. The highest BCUT2D eigenvalue weighted by Gasteiger charge is 2.14. The van der Waals surface area contributed by atoms with Gasteiger partial charge in [0.2, 0.25) is 11.8 Å². The molecule has 1 aliphatic heterocycles. The summed E-state index contributed by atoms with van der Waals surface area (Å²) in [7, 11) is 0. The van der Waals surface area contributed by atoms with Crippen molar-refractivity contribution in [3.8, 4) is 5.88 Å². The van der Waals surface area contributed by atoms with Gasteiger partial charge in [-0.2, -0.15) is 4.98 Å². The van der Waals surface area contributed by atoms with Gasteiger partial charge in [-0.25, -0.2) is 9.98 Å². The van der Waals surface area contributed by atoms with Crippen LogP contribution in [0.15, 0.2) is 23.3 Å². The maximum absolute atomic E-state index is 9.96. The van der Waals surface area contributed by atoms with E-state index in [1.54, 1.807) is 12.4 Å². The standard InChI is InChI=1S/C16H19N5O/c1-2-3-4-7-18-16-20-13(15(22)21-16)9-11-10-19-14-12(11)6-5-8-17-14/h5-6,8-10,22H,2-4,7H2,1H3,(H2,18,20,21). The summed E-state index contributed by atoms with van der Waals surface area (Å²) < 4.78 is 0. The Labute approximate surface area is 129 Å². The first kappa shape index (κ1) is 14.3. The molecule has 0 aliphatic carbocycles. The number of allylic oxidation sites excluding steroid dienone is 1. The van der Waals surface area contributed by atoms with Crippen LogP contribution in [0.25, 0.3) is 11.6 Å². The first-order chi connectivity index (χ1) is 10.8. The predicted octanol–water partition coefficient (Wildman–Crippen LogP) is 3.37. The molecule has 2 aromatic heterocycles. The Kier molecular flexibility index (Phi) is 4.18. The molecular weight excluding hydrogens is 278 g/mol. The molecule has 0 aromatic carbocycles. The zero-order valence-electron chi connectivity index (χ0n) is 12.5. The summed E-state index contributed by atoms with van der Waals surface area (Å²) in [5.74, 6) is 1.27. The molecule has 0 unspecified atom stereocenters. The van der Waals surface area contributed by atoms with E-state index in [0.29, 0.717) is 17.5 Å². The van der Waals surface area contributed by atoms with Crippen LogP contribution in [0.2, 0.25) is 0 Å². The topological polar surface area (TPSA) is 86.2 Å². The van der Waals surface area contributed by atoms with Crippen LogP contribution < -0.4 is 5.32 Å². The molecule has 0 fully saturated rings. The summed E-state index contributed by atoms with van der Waals surface area (Å²) in [6.45, 7) is 3.00. The first-order valence-electron chi connectivity index (χ1n) is 7.52. The van der Waals surface area contributed by atoms with Crippen molar-refractivity contribution in [3.63, 3.8) is 0 Å². The Bertz CT molecular complexity index is 717. The molecule has 0 spiro atoms. The number of imidazole rings is 1. The van der Waals surface area contributed by atoms with Crippen LogP contribution in [0.3, 0.4) is 0 Å². The van der Waals surface area contributed by atoms with Gasteiger partial charge in [0.05, 0.1) is 0 Å². The highest BCUT2D eigenvalue weighted by molar-refractivity contribution is 6.20. The zero-order valence-corrected chi connectivity index (χ0v) is 12.5. The fourth-order valence-corrected chi connectivity index (χ4v) is 2.34. The quantitative estimate of drug-likeness (QED) is 0.713. The van der Waals surface area contributed by atoms with Crippen molar-refractivity contribution in [2.75, 3.05) is 11.9 Å². The molecule has 6 nitrogen and oxygen atoms in total. The highest BCUT2D eigenvalue weighted by Crippen LogP contribution is 2.31. The lowest BCUT2D eigenvalue weighted by Crippen LogP contribution is -2.02. The number of hydrogen-bond acceptors (Lipinski definition) is 5. The van der Waals surface area contributed by atoms with Crippen molar-refractivity contribution < 1.29 is 5.11 Å². The summed E-state index contributed by atoms with van der Waals surface area (Å²) in [5.41, 5.74) is 2.42. The third-order valence-corrected chi connectivity index (χ3v) is 3.51. The second-order valence-electron chi connectivity index (χ2n) is 5.19. The van der Waals surface area contributed by atoms with Crippen molar-refractivity contribution >= 4 is 29.6 Å². The Hall–Kier alpha value is -2.63. The van der Waals surface area contributed by atoms with Gasteiger partial charge in [-0.1, -0.05) is 19.8 Å². The third-order valence-electron chi connectivity index (χ3n) is 3.51. The van der Waals surface area contributed by atoms with Gasteiger partial charge in [0.25, 0.3) is 0 Å². The maximum Gasteiger partial charge on any atom is 0.238 e. The molecule has 2 aromatic rings. The molecule has 0 bridgehead atoms. The van der Waals surface area contributed by atoms with Crippen molar-refractivity contribution in [3.05, 3.63) is 29.6 Å². The van der Waals surface area contributed by atoms with Crippen LogP contribution in [0.4, 0.5) is 11.8 Å². The molecule has 22 heavy (non-hydrogen) atoms. The average Bonchev–Trinajstić information content (AvgIpc) is 3.09. The molecule has 6 heteroatoms. The second kappa shape index (κ2) is 6.43. The molecule has 3 N–H and O–H groups in total. The number of rotatable bonds is 6. The lowest BCUT2D eigenvalue weighted by atomic mass is 10.1. The Balaban J connectivity index is 1.75. The van der Waals surface area contributed by atoms with Crippen molar-refractivity contribution in [1.82, 2.24) is 15.0 Å². The molecule has 0 saturated heterocycles. The Morgan fingerprint density at radius 1 is 1.36 bits per heavy atom. The number of aromatic hydroxyl groups is 1. The van der Waals surface area contributed by atoms with E-state index in [2.05, 4.69) is 32.2 Å². The lowest BCUT2D eigenvalue weighted by molar-refractivity contribution is 0.455. The number of H-pyrrole nitrogens is 1. The normalized spacial score (nSPS) is 14.5. The van der Waals surface area contributed by atoms with Gasteiger partial charge in [0, 0.05) is 30.1 Å². The van der Waals surface area contributed by atoms with Gasteiger partial charge >= 0.3 is 0 Å². The van der Waals surface area contributed by atoms with Gasteiger partial charge in [-0.05, 0) is 24.6 Å². The van der Waals surface area contributed by atoms with E-state index in [9.17, 15) is 5.11 Å². The number of aliphatic imine (C=N–C) groups is 1. The predicted molar refractivity (Wildman–Crippen MR) is 88.5 cm³/mol. The number of nitrogens with zero attached hydrogens (tertiary/aromatic N) is 3. The van der Waals surface area contributed by atoms with E-state index in [4.69, 9.17) is 0 Å². The largest absolute Gasteiger partial charge is 0.492 e. The number of pyridine rings is 1. The molecular formula is C16H19N5O. The highest BCUT2D eigenvalue weighted by atomic mass is 16.3. The van der Waals surface area contributed by atoms with Crippen LogP contribution in [0.1, 0.15) is 37.4 Å². The number of unbranched alkanes of at least 4 members (excludes halogenated alkanes) is 2. The van der Waals surface area contributed by atoms with E-state index >= 15 is 0 Å². The van der Waals surface area contributed by atoms with Gasteiger partial charge < -0.3 is 15.4 Å². The Morgan fingerprint density at radius 3 is 3.14 bits per heavy atom. The molecule has 1 aliphatic rings. The smallest absolute Gasteiger partial charge is 0.238 e. The molecule has 0 amide bonds. The van der Waals surface area contributed by atoms with Gasteiger partial charge in [0.15, 0.2) is 5.82 Å². The summed E-state index contributed by atoms with van der Waals surface area (Å²) in [4.78, 5) is 15.6. The van der Waals surface area contributed by atoms with E-state index in [1.807, 2.05) is 18.2 Å². The van der Waals surface area contributed by atoms with Crippen LogP contribution in [0, 0.1) is 0 Å². The first-order valence-corrected chi connectivity index (χ1v) is 7.52. The Morgan fingerprint density at radius 2 is 2.27 bits per heavy atom. The minimum atomic E-state index is -0.0174. The average molecular weight is 297 g/mol. The van der Waals surface area contributed by atoms with Crippen LogP contribution in [0.5, 0.6) is 5.88 Å². The van der Waals surface area contributed by atoms with Crippen molar-refractivity contribution in [2.45, 2.75) is 26.2 Å². The van der Waals surface area contributed by atoms with E-state index in [-0.39, 0.29) is 5.88 Å². The molecule has 114 valence electrons. The van der Waals surface area contributed by atoms with Crippen molar-refractivity contribution in [1.29, 1.82) is 0 Å². The van der Waals surface area contributed by atoms with Crippen LogP contribution in [-0.2, 0) is 0 Å². The molecule has 0 saturated carbocycles. The number of fused-ring (bicyclic) bond motifs is 1. The minimum absolute atomic E-state index is 0.0174. The third kappa shape index (κ3) is 3.00. The number of anilines is 1. The van der Waals surface area contributed by atoms with Crippen LogP contribution in [-0.4, -0.2) is 32.8 Å². The van der Waals surface area contributed by atoms with E-state index in [1.165, 1.54) is 12.8 Å². The van der Waals surface area contributed by atoms with Gasteiger partial charge in [0.1, 0.15) is 5.69 Å². The van der Waals surface area contributed by atoms with E-state index in [0.717, 1.165) is 24.1 Å². The SMILES string of the molecule is CCCCCNc1nc(O)c(C=C2C=Nc3ncccc32)[nH]1. The zero-order chi connectivity index (χ0) is 15.4. The summed E-state index contributed by atoms with van der Waals surface area (Å²) in [6.07, 6.45) is 8.72. The number of nitrogens with one attached hydrogen (secondary N) is 2. The fraction of sp³-hybridized carbons (Fsp3) is 0.312. The number of aromatic nitrogens is 3. The molecule has 3 rings (SSSR count). The summed E-state index contributed by atoms with van der Waals surface area (Å²) in [6, 6.07) is 3.83. The van der Waals surface area contributed by atoms with Crippen LogP contribution >= 0.6 is 0 Å². The maximum atomic E-state index is 9.96. The van der Waals surface area contributed by atoms with Gasteiger partial charge in [-0.3, -0.25) is 0 Å². The van der Waals surface area contributed by atoms with E-state index < -0.39 is 0 Å². The fourth-order valence-electron chi connectivity index (χ4n) is 2.34. The summed E-state index contributed by atoms with van der Waals surface area (Å²) >= 11 is 0. The second-order valence-corrected chi connectivity index (χ2v) is 5.19. The number of hydrogen-bond donors (Lipinski definition) is 3. The number of aromatic amines is 1. The minimum Gasteiger partial charge on any atom is -0.492 e. The molecule has 0 radical (unpaired) electrons. The van der Waals surface area contributed by atoms with Crippen molar-refractivity contribution in [2.24, 2.45) is 4.99 Å². The monoisotopic (exact) mass is 297 g/mol. The lowest BCUT2D eigenvalue weighted by Gasteiger charge is -2.00. The molecule has 0 atom stereocenters.